The average molecular weight is 376 g/mol. The van der Waals surface area contributed by atoms with Gasteiger partial charge in [-0.15, -0.1) is 6.58 Å². The summed E-state index contributed by atoms with van der Waals surface area (Å²) in [5, 5.41) is 12.6. The second-order valence-electron chi connectivity index (χ2n) is 8.05. The van der Waals surface area contributed by atoms with Crippen molar-refractivity contribution in [2.24, 2.45) is 5.92 Å². The van der Waals surface area contributed by atoms with Crippen LogP contribution in [0.15, 0.2) is 48.2 Å². The summed E-state index contributed by atoms with van der Waals surface area (Å²) >= 11 is 0. The van der Waals surface area contributed by atoms with Crippen LogP contribution in [-0.2, 0) is 0 Å². The predicted octanol–water partition coefficient (Wildman–Crippen LogP) is 6.06. The van der Waals surface area contributed by atoms with Crippen molar-refractivity contribution in [1.82, 2.24) is 4.90 Å². The molecule has 0 amide bonds. The lowest BCUT2D eigenvalue weighted by Crippen LogP contribution is -2.44. The molecule has 1 aromatic carbocycles. The molecule has 0 radical (unpaired) electrons. The molecule has 148 valence electrons. The van der Waals surface area contributed by atoms with Gasteiger partial charge >= 0.3 is 0 Å². The fourth-order valence-electron chi connectivity index (χ4n) is 4.81. The van der Waals surface area contributed by atoms with E-state index in [2.05, 4.69) is 61.0 Å². The lowest BCUT2D eigenvalue weighted by Gasteiger charge is -2.45. The Morgan fingerprint density at radius 2 is 2.18 bits per heavy atom. The molecule has 0 saturated carbocycles. The van der Waals surface area contributed by atoms with Crippen LogP contribution in [0.25, 0.3) is 5.57 Å². The fourth-order valence-corrected chi connectivity index (χ4v) is 4.81. The Hall–Kier alpha value is -2.47. The molecule has 0 aromatic heterocycles. The Morgan fingerprint density at radius 3 is 2.86 bits per heavy atom. The number of allylic oxidation sites excluding steroid dienone is 3. The number of anilines is 1. The molecule has 0 saturated heterocycles. The van der Waals surface area contributed by atoms with E-state index < -0.39 is 0 Å². The third-order valence-electron chi connectivity index (χ3n) is 6.23. The highest BCUT2D eigenvalue weighted by molar-refractivity contribution is 5.75. The van der Waals surface area contributed by atoms with Gasteiger partial charge in [-0.1, -0.05) is 19.1 Å². The molecule has 2 aliphatic rings. The molecular formula is C25H33N3. The summed E-state index contributed by atoms with van der Waals surface area (Å²) in [6.07, 6.45) is 10.4. The van der Waals surface area contributed by atoms with E-state index in [1.807, 2.05) is 13.1 Å². The lowest BCUT2D eigenvalue weighted by molar-refractivity contribution is 0.165. The van der Waals surface area contributed by atoms with E-state index >= 15 is 0 Å². The van der Waals surface area contributed by atoms with Gasteiger partial charge in [0.25, 0.3) is 0 Å². The van der Waals surface area contributed by atoms with Crippen molar-refractivity contribution in [1.29, 1.82) is 5.26 Å². The molecule has 3 rings (SSSR count). The molecule has 1 heterocycles. The Bertz CT molecular complexity index is 825. The third-order valence-corrected chi connectivity index (χ3v) is 6.23. The van der Waals surface area contributed by atoms with E-state index in [1.54, 1.807) is 5.57 Å². The van der Waals surface area contributed by atoms with Gasteiger partial charge in [0.05, 0.1) is 6.07 Å². The largest absolute Gasteiger partial charge is 0.388 e. The average Bonchev–Trinajstić information content (AvgIpc) is 2.71. The number of aryl methyl sites for hydroxylation is 1. The summed E-state index contributed by atoms with van der Waals surface area (Å²) in [5.74, 6) is 0.414. The van der Waals surface area contributed by atoms with Crippen LogP contribution in [0.5, 0.6) is 0 Å². The van der Waals surface area contributed by atoms with Gasteiger partial charge in [-0.05, 0) is 85.4 Å². The van der Waals surface area contributed by atoms with Crippen molar-refractivity contribution in [3.05, 3.63) is 59.3 Å². The molecule has 3 nitrogen and oxygen atoms in total. The minimum Gasteiger partial charge on any atom is -0.388 e. The minimum atomic E-state index is 0.385. The maximum absolute atomic E-state index is 9.36. The highest BCUT2D eigenvalue weighted by Crippen LogP contribution is 2.43. The molecule has 1 N–H and O–H groups in total. The van der Waals surface area contributed by atoms with Crippen LogP contribution in [-0.4, -0.2) is 24.5 Å². The van der Waals surface area contributed by atoms with Crippen molar-refractivity contribution >= 4 is 11.3 Å². The minimum absolute atomic E-state index is 0.385. The normalized spacial score (nSPS) is 21.6. The zero-order chi connectivity index (χ0) is 20.1. The zero-order valence-corrected chi connectivity index (χ0v) is 17.6. The lowest BCUT2D eigenvalue weighted by atomic mass is 9.77. The molecule has 2 atom stereocenters. The molecule has 28 heavy (non-hydrogen) atoms. The van der Waals surface area contributed by atoms with Crippen LogP contribution in [0.4, 0.5) is 5.69 Å². The van der Waals surface area contributed by atoms with Gasteiger partial charge in [0.15, 0.2) is 0 Å². The van der Waals surface area contributed by atoms with Crippen LogP contribution in [0.2, 0.25) is 0 Å². The topological polar surface area (TPSA) is 39.1 Å². The maximum Gasteiger partial charge on any atom is 0.0625 e. The molecule has 1 unspecified atom stereocenters. The Labute approximate surface area is 170 Å². The third kappa shape index (κ3) is 4.02. The molecule has 1 aliphatic heterocycles. The van der Waals surface area contributed by atoms with Crippen molar-refractivity contribution in [2.45, 2.75) is 58.4 Å². The number of nitrogens with one attached hydrogen (secondary N) is 1. The van der Waals surface area contributed by atoms with Crippen LogP contribution in [0.1, 0.15) is 56.6 Å². The first-order chi connectivity index (χ1) is 13.6. The van der Waals surface area contributed by atoms with Gasteiger partial charge in [-0.2, -0.15) is 5.26 Å². The first kappa shape index (κ1) is 20.3. The Balaban J connectivity index is 2.03. The highest BCUT2D eigenvalue weighted by Gasteiger charge is 2.35. The van der Waals surface area contributed by atoms with Crippen molar-refractivity contribution in [2.75, 3.05) is 18.9 Å². The number of nitriles is 1. The first-order valence-corrected chi connectivity index (χ1v) is 10.6. The monoisotopic (exact) mass is 375 g/mol. The highest BCUT2D eigenvalue weighted by atomic mass is 15.2. The number of nitrogens with zero attached hydrogens (tertiary/aromatic N) is 2. The first-order valence-electron chi connectivity index (χ1n) is 10.6. The predicted molar refractivity (Wildman–Crippen MR) is 119 cm³/mol. The van der Waals surface area contributed by atoms with E-state index in [1.165, 1.54) is 22.4 Å². The van der Waals surface area contributed by atoms with Crippen LogP contribution in [0, 0.1) is 24.2 Å². The van der Waals surface area contributed by atoms with Gasteiger partial charge in [0, 0.05) is 37.4 Å². The van der Waals surface area contributed by atoms with Gasteiger partial charge in [0.2, 0.25) is 0 Å². The summed E-state index contributed by atoms with van der Waals surface area (Å²) in [7, 11) is 1.98. The van der Waals surface area contributed by atoms with E-state index in [0.29, 0.717) is 18.4 Å². The standard InChI is InChI=1S/C25H33N3/c1-5-7-24-21(12-13-26)15-20-10-9-19(16-25(20)28(24)14-6-2)23-17-22(27-4)11-8-18(23)3/h5,8,11,16-17,21,24,27H,1,6-7,9-10,12,14-15H2,2-4H3/t21?,24-/m0/s1. The molecule has 0 fully saturated rings. The Kier molecular flexibility index (Phi) is 6.62. The second-order valence-corrected chi connectivity index (χ2v) is 8.05. The fraction of sp³-hybridized carbons (Fsp3) is 0.480. The number of hydrogen-bond acceptors (Lipinski definition) is 3. The summed E-state index contributed by atoms with van der Waals surface area (Å²) in [4.78, 5) is 2.58. The smallest absolute Gasteiger partial charge is 0.0625 e. The van der Waals surface area contributed by atoms with Gasteiger partial charge < -0.3 is 10.2 Å². The quantitative estimate of drug-likeness (QED) is 0.589. The van der Waals surface area contributed by atoms with Crippen molar-refractivity contribution in [3.63, 3.8) is 0 Å². The van der Waals surface area contributed by atoms with Crippen molar-refractivity contribution < 1.29 is 0 Å². The summed E-state index contributed by atoms with van der Waals surface area (Å²) in [5.41, 5.74) is 8.24. The molecule has 0 spiro atoms. The van der Waals surface area contributed by atoms with E-state index in [0.717, 1.165) is 44.3 Å². The number of benzene rings is 1. The van der Waals surface area contributed by atoms with Gasteiger partial charge in [0.1, 0.15) is 0 Å². The maximum atomic E-state index is 9.36. The molecule has 0 bridgehead atoms. The molecule has 1 aromatic rings. The summed E-state index contributed by atoms with van der Waals surface area (Å²) in [6, 6.07) is 9.45. The Morgan fingerprint density at radius 1 is 1.36 bits per heavy atom. The molecular weight excluding hydrogens is 342 g/mol. The molecule has 1 aliphatic carbocycles. The second kappa shape index (κ2) is 9.15. The van der Waals surface area contributed by atoms with E-state index in [4.69, 9.17) is 0 Å². The van der Waals surface area contributed by atoms with Gasteiger partial charge in [-0.3, -0.25) is 0 Å². The van der Waals surface area contributed by atoms with E-state index in [9.17, 15) is 5.26 Å². The van der Waals surface area contributed by atoms with Crippen molar-refractivity contribution in [3.8, 4) is 6.07 Å². The number of rotatable bonds is 7. The van der Waals surface area contributed by atoms with Crippen LogP contribution < -0.4 is 5.32 Å². The number of hydrogen-bond donors (Lipinski definition) is 1. The molecule has 3 heteroatoms. The summed E-state index contributed by atoms with van der Waals surface area (Å²) in [6.45, 7) is 9.48. The zero-order valence-electron chi connectivity index (χ0n) is 17.6. The summed E-state index contributed by atoms with van der Waals surface area (Å²) < 4.78 is 0. The van der Waals surface area contributed by atoms with Crippen LogP contribution >= 0.6 is 0 Å². The van der Waals surface area contributed by atoms with Crippen LogP contribution in [0.3, 0.4) is 0 Å². The van der Waals surface area contributed by atoms with Gasteiger partial charge in [-0.25, -0.2) is 0 Å². The SMILES string of the molecule is C=CC[C@H]1C(CC#N)CC2=C(C=C(c3cc(NC)ccc3C)CC2)N1CCC. The van der Waals surface area contributed by atoms with E-state index in [-0.39, 0.29) is 0 Å².